The van der Waals surface area contributed by atoms with Crippen molar-refractivity contribution in [1.82, 2.24) is 15.2 Å². The number of hydrogen-bond donors (Lipinski definition) is 1. The Labute approximate surface area is 108 Å². The highest BCUT2D eigenvalue weighted by Gasteiger charge is 2.16. The number of anilines is 1. The molecule has 4 nitrogen and oxygen atoms in total. The molecule has 1 aliphatic heterocycles. The summed E-state index contributed by atoms with van der Waals surface area (Å²) in [5, 5.41) is 3.07. The Morgan fingerprint density at radius 2 is 2.17 bits per heavy atom. The Morgan fingerprint density at radius 3 is 2.94 bits per heavy atom. The fourth-order valence-electron chi connectivity index (χ4n) is 2.34. The smallest absolute Gasteiger partial charge is 0.141 e. The van der Waals surface area contributed by atoms with Gasteiger partial charge in [0.25, 0.3) is 0 Å². The van der Waals surface area contributed by atoms with Gasteiger partial charge in [0.1, 0.15) is 11.6 Å². The lowest BCUT2D eigenvalue weighted by Gasteiger charge is -2.24. The second-order valence-corrected chi connectivity index (χ2v) is 4.81. The lowest BCUT2D eigenvalue weighted by molar-refractivity contribution is 0.360. The van der Waals surface area contributed by atoms with Crippen molar-refractivity contribution in [3.63, 3.8) is 0 Å². The molecule has 0 aliphatic carbocycles. The third-order valence-corrected chi connectivity index (χ3v) is 3.30. The maximum absolute atomic E-state index is 13.3. The normalized spacial score (nSPS) is 17.8. The van der Waals surface area contributed by atoms with Crippen LogP contribution in [0.5, 0.6) is 0 Å². The van der Waals surface area contributed by atoms with E-state index in [1.54, 1.807) is 6.07 Å². The Bertz CT molecular complexity index is 397. The molecule has 1 aromatic heterocycles. The number of rotatable bonds is 3. The summed E-state index contributed by atoms with van der Waals surface area (Å²) in [4.78, 5) is 8.86. The molecule has 0 radical (unpaired) electrons. The molecule has 1 saturated heterocycles. The molecule has 0 amide bonds. The lowest BCUT2D eigenvalue weighted by Crippen LogP contribution is -2.30. The summed E-state index contributed by atoms with van der Waals surface area (Å²) in [6, 6.07) is 1.58. The van der Waals surface area contributed by atoms with E-state index in [4.69, 9.17) is 0 Å². The average Bonchev–Trinajstić information content (AvgIpc) is 2.55. The van der Waals surface area contributed by atoms with Crippen molar-refractivity contribution in [1.29, 1.82) is 0 Å². The number of halogens is 1. The first-order chi connectivity index (χ1) is 8.70. The molecule has 0 atom stereocenters. The van der Waals surface area contributed by atoms with Crippen molar-refractivity contribution >= 4 is 5.82 Å². The first-order valence-corrected chi connectivity index (χ1v) is 6.43. The lowest BCUT2D eigenvalue weighted by atomic mass is 10.2. The quantitative estimate of drug-likeness (QED) is 0.872. The maximum atomic E-state index is 13.3. The summed E-state index contributed by atoms with van der Waals surface area (Å²) in [5.74, 6) is 0.650. The third-order valence-electron chi connectivity index (χ3n) is 3.30. The third kappa shape index (κ3) is 3.17. The van der Waals surface area contributed by atoms with E-state index in [0.29, 0.717) is 6.54 Å². The number of nitrogens with zero attached hydrogens (tertiary/aromatic N) is 3. The highest BCUT2D eigenvalue weighted by atomic mass is 19.1. The van der Waals surface area contributed by atoms with Crippen LogP contribution in [0.1, 0.15) is 12.0 Å². The molecule has 0 unspecified atom stereocenters. The van der Waals surface area contributed by atoms with Crippen LogP contribution in [0.25, 0.3) is 0 Å². The minimum Gasteiger partial charge on any atom is -0.355 e. The van der Waals surface area contributed by atoms with E-state index in [-0.39, 0.29) is 5.82 Å². The number of nitrogens with one attached hydrogen (secondary N) is 1. The van der Waals surface area contributed by atoms with Gasteiger partial charge in [0, 0.05) is 31.7 Å². The minimum absolute atomic E-state index is 0.268. The summed E-state index contributed by atoms with van der Waals surface area (Å²) in [5.41, 5.74) is 0.932. The molecular formula is C13H21FN4. The monoisotopic (exact) mass is 252 g/mol. The van der Waals surface area contributed by atoms with Crippen LogP contribution >= 0.6 is 0 Å². The fourth-order valence-corrected chi connectivity index (χ4v) is 2.34. The predicted octanol–water partition coefficient (Wildman–Crippen LogP) is 1.08. The second kappa shape index (κ2) is 6.11. The highest BCUT2D eigenvalue weighted by Crippen LogP contribution is 2.20. The molecule has 1 N–H and O–H groups in total. The van der Waals surface area contributed by atoms with E-state index in [1.165, 1.54) is 6.20 Å². The molecule has 1 aliphatic rings. The van der Waals surface area contributed by atoms with Gasteiger partial charge in [0.2, 0.25) is 0 Å². The van der Waals surface area contributed by atoms with E-state index in [2.05, 4.69) is 27.1 Å². The van der Waals surface area contributed by atoms with Crippen LogP contribution in [0.15, 0.2) is 12.3 Å². The molecule has 18 heavy (non-hydrogen) atoms. The van der Waals surface area contributed by atoms with Crippen molar-refractivity contribution in [2.24, 2.45) is 0 Å². The molecule has 0 saturated carbocycles. The first-order valence-electron chi connectivity index (χ1n) is 6.43. The van der Waals surface area contributed by atoms with Crippen LogP contribution in [-0.2, 0) is 6.54 Å². The topological polar surface area (TPSA) is 31.4 Å². The Balaban J connectivity index is 2.20. The van der Waals surface area contributed by atoms with Gasteiger partial charge in [0.05, 0.1) is 6.20 Å². The van der Waals surface area contributed by atoms with Crippen LogP contribution in [0.4, 0.5) is 10.2 Å². The Hall–Kier alpha value is -1.20. The van der Waals surface area contributed by atoms with Gasteiger partial charge in [-0.3, -0.25) is 0 Å². The van der Waals surface area contributed by atoms with Gasteiger partial charge in [-0.1, -0.05) is 0 Å². The van der Waals surface area contributed by atoms with Gasteiger partial charge in [-0.25, -0.2) is 9.37 Å². The molecule has 1 fully saturated rings. The van der Waals surface area contributed by atoms with Gasteiger partial charge in [-0.15, -0.1) is 0 Å². The van der Waals surface area contributed by atoms with Gasteiger partial charge >= 0.3 is 0 Å². The standard InChI is InChI=1S/C13H21FN4/c1-15-9-11-8-12(14)10-16-13(11)18-5-3-4-17(2)6-7-18/h8,10,15H,3-7,9H2,1-2H3. The van der Waals surface area contributed by atoms with Gasteiger partial charge in [0.15, 0.2) is 0 Å². The molecule has 0 bridgehead atoms. The van der Waals surface area contributed by atoms with E-state index >= 15 is 0 Å². The van der Waals surface area contributed by atoms with Gasteiger partial charge in [-0.2, -0.15) is 0 Å². The molecule has 2 heterocycles. The Morgan fingerprint density at radius 1 is 1.33 bits per heavy atom. The van der Waals surface area contributed by atoms with E-state index in [1.807, 2.05) is 7.05 Å². The molecular weight excluding hydrogens is 231 g/mol. The van der Waals surface area contributed by atoms with E-state index in [9.17, 15) is 4.39 Å². The maximum Gasteiger partial charge on any atom is 0.141 e. The molecule has 100 valence electrons. The summed E-state index contributed by atoms with van der Waals surface area (Å²) in [6.07, 6.45) is 2.43. The zero-order valence-electron chi connectivity index (χ0n) is 11.1. The largest absolute Gasteiger partial charge is 0.355 e. The zero-order valence-corrected chi connectivity index (χ0v) is 11.1. The molecule has 0 aromatic carbocycles. The van der Waals surface area contributed by atoms with Crippen molar-refractivity contribution in [2.75, 3.05) is 45.2 Å². The SMILES string of the molecule is CNCc1cc(F)cnc1N1CCCN(C)CC1. The number of aromatic nitrogens is 1. The molecule has 0 spiro atoms. The van der Waals surface area contributed by atoms with Crippen LogP contribution < -0.4 is 10.2 Å². The van der Waals surface area contributed by atoms with Gasteiger partial charge in [-0.05, 0) is 33.1 Å². The summed E-state index contributed by atoms with van der Waals surface area (Å²) in [6.45, 7) is 4.72. The molecule has 5 heteroatoms. The summed E-state index contributed by atoms with van der Waals surface area (Å²) >= 11 is 0. The number of likely N-dealkylation sites (N-methyl/N-ethyl adjacent to an activating group) is 1. The second-order valence-electron chi connectivity index (χ2n) is 4.81. The van der Waals surface area contributed by atoms with Crippen LogP contribution in [0.2, 0.25) is 0 Å². The average molecular weight is 252 g/mol. The fraction of sp³-hybridized carbons (Fsp3) is 0.615. The highest BCUT2D eigenvalue weighted by molar-refractivity contribution is 5.47. The summed E-state index contributed by atoms with van der Waals surface area (Å²) in [7, 11) is 4.00. The van der Waals surface area contributed by atoms with Crippen LogP contribution in [-0.4, -0.2) is 50.2 Å². The van der Waals surface area contributed by atoms with Crippen molar-refractivity contribution in [2.45, 2.75) is 13.0 Å². The van der Waals surface area contributed by atoms with E-state index in [0.717, 1.165) is 44.0 Å². The van der Waals surface area contributed by atoms with Crippen molar-refractivity contribution < 1.29 is 4.39 Å². The minimum atomic E-state index is -0.268. The first kappa shape index (κ1) is 13.2. The van der Waals surface area contributed by atoms with Crippen molar-refractivity contribution in [3.8, 4) is 0 Å². The van der Waals surface area contributed by atoms with Gasteiger partial charge < -0.3 is 15.1 Å². The molecule has 1 aromatic rings. The van der Waals surface area contributed by atoms with Crippen LogP contribution in [0, 0.1) is 5.82 Å². The predicted molar refractivity (Wildman–Crippen MR) is 71.3 cm³/mol. The number of hydrogen-bond acceptors (Lipinski definition) is 4. The van der Waals surface area contributed by atoms with Crippen LogP contribution in [0.3, 0.4) is 0 Å². The van der Waals surface area contributed by atoms with Crippen molar-refractivity contribution in [3.05, 3.63) is 23.6 Å². The summed E-state index contributed by atoms with van der Waals surface area (Å²) < 4.78 is 13.3. The number of pyridine rings is 1. The zero-order chi connectivity index (χ0) is 13.0. The van der Waals surface area contributed by atoms with E-state index < -0.39 is 0 Å². The molecule has 2 rings (SSSR count). The Kier molecular flexibility index (Phi) is 4.49.